The average Bonchev–Trinajstić information content (AvgIpc) is 2.80. The summed E-state index contributed by atoms with van der Waals surface area (Å²) in [6, 6.07) is 12.3. The zero-order valence-electron chi connectivity index (χ0n) is 18.6. The summed E-state index contributed by atoms with van der Waals surface area (Å²) in [5, 5.41) is 12.0. The first-order chi connectivity index (χ1) is 14.6. The van der Waals surface area contributed by atoms with E-state index in [2.05, 4.69) is 70.4 Å². The summed E-state index contributed by atoms with van der Waals surface area (Å²) in [6.45, 7) is 12.0. The summed E-state index contributed by atoms with van der Waals surface area (Å²) < 4.78 is 0. The molecule has 1 saturated heterocycles. The van der Waals surface area contributed by atoms with Gasteiger partial charge in [-0.05, 0) is 58.0 Å². The van der Waals surface area contributed by atoms with Crippen LogP contribution in [0.2, 0.25) is 0 Å². The first-order valence-electron chi connectivity index (χ1n) is 11.3. The van der Waals surface area contributed by atoms with E-state index in [-0.39, 0.29) is 11.8 Å². The second-order valence-corrected chi connectivity index (χ2v) is 8.10. The van der Waals surface area contributed by atoms with Gasteiger partial charge in [-0.25, -0.2) is 0 Å². The normalized spacial score (nSPS) is 16.7. The van der Waals surface area contributed by atoms with Crippen LogP contribution in [0, 0.1) is 12.8 Å². The standard InChI is InChI=1S/C24H35N5O/c1-4-28(5-2)16-7-15-25-24(30)21-8-6-17-29(18-21)23-14-13-22(26-27-23)20-11-9-19(3)10-12-20/h9-14,21H,4-8,15-18H2,1-3H3,(H,25,30)/t21-/m1/s1. The number of piperidine rings is 1. The smallest absolute Gasteiger partial charge is 0.224 e. The van der Waals surface area contributed by atoms with Crippen molar-refractivity contribution in [1.29, 1.82) is 0 Å². The van der Waals surface area contributed by atoms with Crippen molar-refractivity contribution >= 4 is 11.7 Å². The van der Waals surface area contributed by atoms with Crippen molar-refractivity contribution < 1.29 is 4.79 Å². The van der Waals surface area contributed by atoms with E-state index in [1.165, 1.54) is 5.56 Å². The fourth-order valence-corrected chi connectivity index (χ4v) is 3.97. The second kappa shape index (κ2) is 11.1. The maximum absolute atomic E-state index is 12.6. The molecule has 6 nitrogen and oxygen atoms in total. The lowest BCUT2D eigenvalue weighted by Gasteiger charge is -2.32. The predicted octanol–water partition coefficient (Wildman–Crippen LogP) is 3.52. The van der Waals surface area contributed by atoms with Gasteiger partial charge in [-0.15, -0.1) is 10.2 Å². The van der Waals surface area contributed by atoms with Crippen LogP contribution in [-0.4, -0.2) is 60.3 Å². The first kappa shape index (κ1) is 22.2. The van der Waals surface area contributed by atoms with E-state index in [9.17, 15) is 4.79 Å². The number of rotatable bonds is 9. The molecule has 1 fully saturated rings. The van der Waals surface area contributed by atoms with Crippen LogP contribution in [0.25, 0.3) is 11.3 Å². The number of carbonyl (C=O) groups is 1. The predicted molar refractivity (Wildman–Crippen MR) is 123 cm³/mol. The van der Waals surface area contributed by atoms with E-state index in [1.54, 1.807) is 0 Å². The molecule has 1 aromatic carbocycles. The number of nitrogens with zero attached hydrogens (tertiary/aromatic N) is 4. The Morgan fingerprint density at radius 1 is 1.13 bits per heavy atom. The van der Waals surface area contributed by atoms with Crippen LogP contribution >= 0.6 is 0 Å². The van der Waals surface area contributed by atoms with Crippen molar-refractivity contribution in [2.75, 3.05) is 44.2 Å². The number of hydrogen-bond acceptors (Lipinski definition) is 5. The molecule has 30 heavy (non-hydrogen) atoms. The van der Waals surface area contributed by atoms with Gasteiger partial charge in [0.25, 0.3) is 0 Å². The van der Waals surface area contributed by atoms with Crippen molar-refractivity contribution in [2.45, 2.75) is 40.0 Å². The molecule has 1 aromatic heterocycles. The van der Waals surface area contributed by atoms with Gasteiger partial charge in [-0.1, -0.05) is 43.7 Å². The Bertz CT molecular complexity index is 786. The molecule has 2 aromatic rings. The number of carbonyl (C=O) groups excluding carboxylic acids is 1. The van der Waals surface area contributed by atoms with Crippen LogP contribution in [-0.2, 0) is 4.79 Å². The summed E-state index contributed by atoms with van der Waals surface area (Å²) in [5.41, 5.74) is 3.17. The Hall–Kier alpha value is -2.47. The van der Waals surface area contributed by atoms with Gasteiger partial charge < -0.3 is 15.1 Å². The second-order valence-electron chi connectivity index (χ2n) is 8.10. The maximum Gasteiger partial charge on any atom is 0.224 e. The van der Waals surface area contributed by atoms with E-state index in [1.807, 2.05) is 12.1 Å². The third-order valence-electron chi connectivity index (χ3n) is 5.96. The molecule has 1 atom stereocenters. The van der Waals surface area contributed by atoms with Crippen LogP contribution in [0.5, 0.6) is 0 Å². The Morgan fingerprint density at radius 2 is 1.90 bits per heavy atom. The highest BCUT2D eigenvalue weighted by atomic mass is 16.1. The van der Waals surface area contributed by atoms with Gasteiger partial charge in [0.2, 0.25) is 5.91 Å². The molecule has 6 heteroatoms. The molecular weight excluding hydrogens is 374 g/mol. The molecule has 0 aliphatic carbocycles. The van der Waals surface area contributed by atoms with Gasteiger partial charge in [-0.2, -0.15) is 0 Å². The third kappa shape index (κ3) is 6.02. The zero-order valence-corrected chi connectivity index (χ0v) is 18.6. The minimum atomic E-state index is 0.0192. The highest BCUT2D eigenvalue weighted by Crippen LogP contribution is 2.23. The van der Waals surface area contributed by atoms with Crippen molar-refractivity contribution in [1.82, 2.24) is 20.4 Å². The third-order valence-corrected chi connectivity index (χ3v) is 5.96. The molecule has 0 saturated carbocycles. The molecule has 0 radical (unpaired) electrons. The minimum Gasteiger partial charge on any atom is -0.356 e. The molecule has 1 N–H and O–H groups in total. The Balaban J connectivity index is 1.51. The lowest BCUT2D eigenvalue weighted by molar-refractivity contribution is -0.125. The Morgan fingerprint density at radius 3 is 2.57 bits per heavy atom. The number of hydrogen-bond donors (Lipinski definition) is 1. The van der Waals surface area contributed by atoms with Crippen LogP contribution in [0.1, 0.15) is 38.7 Å². The lowest BCUT2D eigenvalue weighted by Crippen LogP contribution is -2.44. The summed E-state index contributed by atoms with van der Waals surface area (Å²) >= 11 is 0. The van der Waals surface area contributed by atoms with E-state index in [0.717, 1.165) is 69.1 Å². The van der Waals surface area contributed by atoms with Gasteiger partial charge in [-0.3, -0.25) is 4.79 Å². The van der Waals surface area contributed by atoms with Gasteiger partial charge in [0.1, 0.15) is 0 Å². The highest BCUT2D eigenvalue weighted by molar-refractivity contribution is 5.79. The van der Waals surface area contributed by atoms with Gasteiger partial charge >= 0.3 is 0 Å². The summed E-state index contributed by atoms with van der Waals surface area (Å²) in [4.78, 5) is 17.2. The van der Waals surface area contributed by atoms with Gasteiger partial charge in [0.15, 0.2) is 5.82 Å². The van der Waals surface area contributed by atoms with Crippen LogP contribution in [0.4, 0.5) is 5.82 Å². The molecule has 1 aliphatic rings. The number of aryl methyl sites for hydroxylation is 1. The van der Waals surface area contributed by atoms with E-state index in [4.69, 9.17) is 0 Å². The van der Waals surface area contributed by atoms with Crippen molar-refractivity contribution in [3.8, 4) is 11.3 Å². The molecule has 0 unspecified atom stereocenters. The van der Waals surface area contributed by atoms with Crippen LogP contribution < -0.4 is 10.2 Å². The zero-order chi connectivity index (χ0) is 21.3. The molecule has 3 rings (SSSR count). The number of anilines is 1. The Labute approximate surface area is 180 Å². The first-order valence-corrected chi connectivity index (χ1v) is 11.3. The van der Waals surface area contributed by atoms with E-state index >= 15 is 0 Å². The monoisotopic (exact) mass is 409 g/mol. The van der Waals surface area contributed by atoms with Crippen LogP contribution in [0.3, 0.4) is 0 Å². The fourth-order valence-electron chi connectivity index (χ4n) is 3.97. The Kier molecular flexibility index (Phi) is 8.20. The lowest BCUT2D eigenvalue weighted by atomic mass is 9.97. The van der Waals surface area contributed by atoms with Gasteiger partial charge in [0.05, 0.1) is 11.6 Å². The SMILES string of the molecule is CCN(CC)CCCNC(=O)[C@@H]1CCCN(c2ccc(-c3ccc(C)cc3)nn2)C1. The van der Waals surface area contributed by atoms with E-state index in [0.29, 0.717) is 6.54 Å². The van der Waals surface area contributed by atoms with Gasteiger partial charge in [0, 0.05) is 25.2 Å². The molecule has 2 heterocycles. The van der Waals surface area contributed by atoms with E-state index < -0.39 is 0 Å². The molecule has 1 amide bonds. The quantitative estimate of drug-likeness (QED) is 0.642. The van der Waals surface area contributed by atoms with Crippen molar-refractivity contribution in [3.63, 3.8) is 0 Å². The molecule has 1 aliphatic heterocycles. The minimum absolute atomic E-state index is 0.0192. The largest absolute Gasteiger partial charge is 0.356 e. The average molecular weight is 410 g/mol. The number of aromatic nitrogens is 2. The number of amides is 1. The molecular formula is C24H35N5O. The van der Waals surface area contributed by atoms with Crippen molar-refractivity contribution in [3.05, 3.63) is 42.0 Å². The molecule has 0 spiro atoms. The number of benzene rings is 1. The molecule has 162 valence electrons. The van der Waals surface area contributed by atoms with Crippen molar-refractivity contribution in [2.24, 2.45) is 5.92 Å². The molecule has 0 bridgehead atoms. The van der Waals surface area contributed by atoms with Crippen LogP contribution in [0.15, 0.2) is 36.4 Å². The highest BCUT2D eigenvalue weighted by Gasteiger charge is 2.26. The summed E-state index contributed by atoms with van der Waals surface area (Å²) in [7, 11) is 0. The summed E-state index contributed by atoms with van der Waals surface area (Å²) in [6.07, 6.45) is 2.93. The number of nitrogens with one attached hydrogen (secondary N) is 1. The fraction of sp³-hybridized carbons (Fsp3) is 0.542. The summed E-state index contributed by atoms with van der Waals surface area (Å²) in [5.74, 6) is 1.04. The topological polar surface area (TPSA) is 61.4 Å². The maximum atomic E-state index is 12.6.